The van der Waals surface area contributed by atoms with E-state index in [1.54, 1.807) is 20.0 Å². The quantitative estimate of drug-likeness (QED) is 0.0559. The Hall–Kier alpha value is -2.94. The van der Waals surface area contributed by atoms with Gasteiger partial charge in [0.15, 0.2) is 0 Å². The predicted octanol–water partition coefficient (Wildman–Crippen LogP) is 2.88. The summed E-state index contributed by atoms with van der Waals surface area (Å²) in [5.74, 6) is -0.446. The normalized spacial score (nSPS) is 30.4. The lowest BCUT2D eigenvalue weighted by Crippen LogP contribution is -2.50. The number of rotatable bonds is 20. The highest BCUT2D eigenvalue weighted by molar-refractivity contribution is 5.87. The summed E-state index contributed by atoms with van der Waals surface area (Å²) in [5, 5.41) is 16.5. The number of nitrogens with one attached hydrogen (secondary N) is 2. The molecular formula is C37H58N2O11. The minimum atomic E-state index is -0.820. The first-order chi connectivity index (χ1) is 23.8. The molecular weight excluding hydrogens is 648 g/mol. The van der Waals surface area contributed by atoms with E-state index in [1.165, 1.54) is 13.0 Å². The topological polar surface area (TPSA) is 171 Å². The lowest BCUT2D eigenvalue weighted by atomic mass is 9.86. The average molecular weight is 707 g/mol. The average Bonchev–Trinajstić information content (AvgIpc) is 3.84. The van der Waals surface area contributed by atoms with Gasteiger partial charge in [0.2, 0.25) is 11.8 Å². The minimum Gasteiger partial charge on any atom is -0.459 e. The number of aliphatic hydroxyl groups is 1. The van der Waals surface area contributed by atoms with Gasteiger partial charge in [0.25, 0.3) is 0 Å². The van der Waals surface area contributed by atoms with Crippen molar-refractivity contribution < 1.29 is 52.7 Å². The number of carbonyl (C=O) groups excluding carboxylic acids is 4. The van der Waals surface area contributed by atoms with E-state index < -0.39 is 29.9 Å². The van der Waals surface area contributed by atoms with Crippen molar-refractivity contribution >= 4 is 23.6 Å². The fourth-order valence-corrected chi connectivity index (χ4v) is 6.23. The summed E-state index contributed by atoms with van der Waals surface area (Å²) in [5.41, 5.74) is 0.327. The van der Waals surface area contributed by atoms with E-state index in [1.807, 2.05) is 26.0 Å². The van der Waals surface area contributed by atoms with Gasteiger partial charge in [-0.15, -0.1) is 0 Å². The lowest BCUT2D eigenvalue weighted by molar-refractivity contribution is -0.144. The van der Waals surface area contributed by atoms with Crippen LogP contribution in [-0.2, 0) is 47.6 Å². The molecule has 0 radical (unpaired) electrons. The summed E-state index contributed by atoms with van der Waals surface area (Å²) in [6.07, 6.45) is 9.81. The van der Waals surface area contributed by atoms with Gasteiger partial charge in [-0.05, 0) is 52.0 Å². The first-order valence-electron chi connectivity index (χ1n) is 17.8. The molecule has 0 bridgehead atoms. The van der Waals surface area contributed by atoms with E-state index in [-0.39, 0.29) is 54.3 Å². The van der Waals surface area contributed by atoms with Crippen LogP contribution in [0, 0.1) is 5.92 Å². The molecule has 13 heteroatoms. The molecule has 1 spiro atoms. The van der Waals surface area contributed by atoms with Crippen molar-refractivity contribution in [3.63, 3.8) is 0 Å². The fourth-order valence-electron chi connectivity index (χ4n) is 6.23. The van der Waals surface area contributed by atoms with Crippen molar-refractivity contribution in [2.24, 2.45) is 5.92 Å². The van der Waals surface area contributed by atoms with E-state index >= 15 is 0 Å². The van der Waals surface area contributed by atoms with Gasteiger partial charge in [-0.1, -0.05) is 30.7 Å². The predicted molar refractivity (Wildman–Crippen MR) is 185 cm³/mol. The molecule has 3 aliphatic rings. The Morgan fingerprint density at radius 1 is 1.02 bits per heavy atom. The lowest BCUT2D eigenvalue weighted by Gasteiger charge is -2.39. The smallest absolute Gasteiger partial charge is 0.303 e. The van der Waals surface area contributed by atoms with Crippen LogP contribution in [0.5, 0.6) is 0 Å². The number of epoxide rings is 1. The van der Waals surface area contributed by atoms with Crippen molar-refractivity contribution in [1.29, 1.82) is 0 Å². The van der Waals surface area contributed by atoms with Crippen molar-refractivity contribution in [3.05, 3.63) is 36.0 Å². The molecule has 3 saturated heterocycles. The Labute approximate surface area is 296 Å². The molecule has 0 aliphatic carbocycles. The number of ether oxygens (including phenoxy) is 6. The van der Waals surface area contributed by atoms with Crippen LogP contribution in [0.25, 0.3) is 0 Å². The largest absolute Gasteiger partial charge is 0.459 e. The van der Waals surface area contributed by atoms with Gasteiger partial charge in [0, 0.05) is 52.3 Å². The molecule has 3 aliphatic heterocycles. The summed E-state index contributed by atoms with van der Waals surface area (Å²) in [7, 11) is 1.59. The van der Waals surface area contributed by atoms with Crippen LogP contribution in [0.15, 0.2) is 36.0 Å². The minimum absolute atomic E-state index is 0.0184. The molecule has 0 saturated carbocycles. The van der Waals surface area contributed by atoms with Gasteiger partial charge in [0.05, 0.1) is 50.8 Å². The highest BCUT2D eigenvalue weighted by Gasteiger charge is 2.58. The number of hydrogen-bond donors (Lipinski definition) is 3. The molecule has 0 aromatic carbocycles. The molecule has 9 atom stereocenters. The second-order valence-electron chi connectivity index (χ2n) is 13.6. The van der Waals surface area contributed by atoms with Crippen LogP contribution >= 0.6 is 0 Å². The molecule has 3 fully saturated rings. The highest BCUT2D eigenvalue weighted by atomic mass is 16.6. The molecule has 0 unspecified atom stereocenters. The van der Waals surface area contributed by atoms with E-state index in [0.29, 0.717) is 65.1 Å². The van der Waals surface area contributed by atoms with Crippen molar-refractivity contribution in [2.75, 3.05) is 40.1 Å². The molecule has 3 N–H and O–H groups in total. The Bertz CT molecular complexity index is 1210. The maximum atomic E-state index is 12.7. The summed E-state index contributed by atoms with van der Waals surface area (Å²) in [6, 6.07) is -0.138. The first-order valence-corrected chi connectivity index (χ1v) is 17.8. The molecule has 3 rings (SSSR count). The maximum absolute atomic E-state index is 12.7. The number of ketones is 1. The Morgan fingerprint density at radius 2 is 1.74 bits per heavy atom. The summed E-state index contributed by atoms with van der Waals surface area (Å²) in [4.78, 5) is 47.4. The molecule has 3 heterocycles. The SMILES string of the molecule is CNC(=O)CCOCCOCCCC(=O)C[C@@H]1C[C@@]2(CO2)[C@H](O)[C@@H](/C=C/C(C)=C/C[C@@H]2O[C@H](C)[C@H](NC(=O)/C=C\[C@H](C)OC(C)=O)C[C@@H]2C)O1. The Morgan fingerprint density at radius 3 is 2.42 bits per heavy atom. The number of amides is 2. The van der Waals surface area contributed by atoms with Crippen LogP contribution < -0.4 is 10.6 Å². The second-order valence-corrected chi connectivity index (χ2v) is 13.6. The number of aliphatic hydroxyl groups excluding tert-OH is 1. The number of carbonyl (C=O) groups is 4. The zero-order valence-corrected chi connectivity index (χ0v) is 30.5. The third kappa shape index (κ3) is 14.4. The van der Waals surface area contributed by atoms with Gasteiger partial charge in [-0.2, -0.15) is 0 Å². The van der Waals surface area contributed by atoms with Crippen LogP contribution in [-0.4, -0.2) is 117 Å². The van der Waals surface area contributed by atoms with Crippen LogP contribution in [0.1, 0.15) is 79.6 Å². The van der Waals surface area contributed by atoms with E-state index in [0.717, 1.165) is 12.0 Å². The summed E-state index contributed by atoms with van der Waals surface area (Å²) < 4.78 is 34.1. The fraction of sp³-hybridized carbons (Fsp3) is 0.730. The summed E-state index contributed by atoms with van der Waals surface area (Å²) in [6.45, 7) is 11.1. The van der Waals surface area contributed by atoms with Gasteiger partial charge < -0.3 is 44.2 Å². The third-order valence-electron chi connectivity index (χ3n) is 9.25. The molecule has 2 amide bonds. The van der Waals surface area contributed by atoms with Gasteiger partial charge >= 0.3 is 5.97 Å². The number of esters is 1. The number of hydrogen-bond acceptors (Lipinski definition) is 11. The highest BCUT2D eigenvalue weighted by Crippen LogP contribution is 2.43. The van der Waals surface area contributed by atoms with Gasteiger partial charge in [-0.25, -0.2) is 0 Å². The van der Waals surface area contributed by atoms with Gasteiger partial charge in [-0.3, -0.25) is 19.2 Å². The zero-order valence-electron chi connectivity index (χ0n) is 30.5. The second kappa shape index (κ2) is 20.8. The van der Waals surface area contributed by atoms with E-state index in [2.05, 4.69) is 23.6 Å². The van der Waals surface area contributed by atoms with Crippen LogP contribution in [0.4, 0.5) is 0 Å². The maximum Gasteiger partial charge on any atom is 0.303 e. The third-order valence-corrected chi connectivity index (χ3v) is 9.25. The molecule has 0 aromatic heterocycles. The standard InChI is InChI=1S/C37H58N2O11/c1-24(9-12-32-25(2)20-31(27(4)49-32)39-35(43)14-11-26(3)48-28(5)40)10-13-33-36(44)37(23-47-37)22-30(50-33)21-29(41)8-7-16-45-18-19-46-17-15-34(42)38-6/h9-11,13-14,25-27,30-33,36,44H,7-8,12,15-23H2,1-6H3,(H,38,42)(H,39,43)/b13-10+,14-11-,24-9+/t25-,26-,27+,30+,31+,32-,33+,36+,37+/m0/s1. The van der Waals surface area contributed by atoms with E-state index in [9.17, 15) is 24.3 Å². The van der Waals surface area contributed by atoms with Crippen molar-refractivity contribution in [3.8, 4) is 0 Å². The molecule has 0 aromatic rings. The Kier molecular flexibility index (Phi) is 17.3. The van der Waals surface area contributed by atoms with Crippen molar-refractivity contribution in [1.82, 2.24) is 10.6 Å². The molecule has 50 heavy (non-hydrogen) atoms. The monoisotopic (exact) mass is 706 g/mol. The first kappa shape index (κ1) is 41.5. The zero-order chi connectivity index (χ0) is 36.7. The molecule has 282 valence electrons. The van der Waals surface area contributed by atoms with Gasteiger partial charge in [0.1, 0.15) is 29.7 Å². The Balaban J connectivity index is 1.39. The molecule has 13 nitrogen and oxygen atoms in total. The number of Topliss-reactive ketones (excluding diaryl/α,β-unsaturated/α-hetero) is 1. The van der Waals surface area contributed by atoms with E-state index in [4.69, 9.17) is 28.4 Å². The van der Waals surface area contributed by atoms with Crippen LogP contribution in [0.3, 0.4) is 0 Å². The van der Waals surface area contributed by atoms with Crippen molar-refractivity contribution in [2.45, 2.75) is 128 Å². The summed E-state index contributed by atoms with van der Waals surface area (Å²) >= 11 is 0. The van der Waals surface area contributed by atoms with Crippen LogP contribution in [0.2, 0.25) is 0 Å². The number of allylic oxidation sites excluding steroid dienone is 2.